The minimum Gasteiger partial charge on any atom is -0.343 e. The van der Waals surface area contributed by atoms with E-state index in [2.05, 4.69) is 35.3 Å². The molecule has 2 heterocycles. The topological polar surface area (TPSA) is 85.1 Å². The van der Waals surface area contributed by atoms with Gasteiger partial charge in [0, 0.05) is 4.88 Å². The molecule has 2 aromatic rings. The Kier molecular flexibility index (Phi) is 3.61. The van der Waals surface area contributed by atoms with Gasteiger partial charge >= 0.3 is 0 Å². The van der Waals surface area contributed by atoms with Crippen molar-refractivity contribution in [3.05, 3.63) is 26.9 Å². The fourth-order valence-electron chi connectivity index (χ4n) is 1.21. The highest BCUT2D eigenvalue weighted by atomic mass is 79.9. The van der Waals surface area contributed by atoms with Gasteiger partial charge in [0.2, 0.25) is 16.4 Å². The summed E-state index contributed by atoms with van der Waals surface area (Å²) >= 11 is 4.62. The molecule has 92 valence electrons. The van der Waals surface area contributed by atoms with E-state index in [0.717, 1.165) is 15.1 Å². The Labute approximate surface area is 110 Å². The van der Waals surface area contributed by atoms with Gasteiger partial charge in [-0.25, -0.2) is 13.1 Å². The molecule has 17 heavy (non-hydrogen) atoms. The SMILES string of the molecule is Cc1sc(Br)cc1S(=O)(=O)NCc1ncon1. The smallest absolute Gasteiger partial charge is 0.242 e. The molecule has 0 bridgehead atoms. The number of rotatable bonds is 4. The second-order valence-electron chi connectivity index (χ2n) is 3.14. The summed E-state index contributed by atoms with van der Waals surface area (Å²) in [6.07, 6.45) is 1.15. The van der Waals surface area contributed by atoms with Gasteiger partial charge in [0.1, 0.15) is 0 Å². The molecule has 2 aromatic heterocycles. The van der Waals surface area contributed by atoms with Gasteiger partial charge in [0.05, 0.1) is 15.2 Å². The van der Waals surface area contributed by atoms with Crippen molar-refractivity contribution in [3.8, 4) is 0 Å². The third kappa shape index (κ3) is 2.92. The predicted octanol–water partition coefficient (Wildman–Crippen LogP) is 1.68. The maximum atomic E-state index is 12.0. The van der Waals surface area contributed by atoms with E-state index < -0.39 is 10.0 Å². The highest BCUT2D eigenvalue weighted by molar-refractivity contribution is 9.11. The molecule has 9 heteroatoms. The Hall–Kier alpha value is -0.770. The lowest BCUT2D eigenvalue weighted by molar-refractivity contribution is 0.409. The zero-order valence-electron chi connectivity index (χ0n) is 8.68. The molecule has 2 rings (SSSR count). The van der Waals surface area contributed by atoms with Crippen molar-refractivity contribution in [3.63, 3.8) is 0 Å². The molecular formula is C8H8BrN3O3S2. The van der Waals surface area contributed by atoms with Gasteiger partial charge in [-0.1, -0.05) is 5.16 Å². The minimum absolute atomic E-state index is 0.00569. The lowest BCUT2D eigenvalue weighted by Gasteiger charge is -2.03. The van der Waals surface area contributed by atoms with Crippen molar-refractivity contribution in [2.24, 2.45) is 0 Å². The largest absolute Gasteiger partial charge is 0.343 e. The quantitative estimate of drug-likeness (QED) is 0.917. The van der Waals surface area contributed by atoms with Crippen LogP contribution in [0.2, 0.25) is 0 Å². The molecule has 0 aliphatic carbocycles. The summed E-state index contributed by atoms with van der Waals surface area (Å²) in [7, 11) is -3.54. The zero-order chi connectivity index (χ0) is 12.5. The summed E-state index contributed by atoms with van der Waals surface area (Å²) in [6, 6.07) is 1.57. The molecule has 6 nitrogen and oxygen atoms in total. The van der Waals surface area contributed by atoms with E-state index in [4.69, 9.17) is 0 Å². The third-order valence-corrected chi connectivity index (χ3v) is 5.17. The molecule has 1 N–H and O–H groups in total. The van der Waals surface area contributed by atoms with E-state index in [1.807, 2.05) is 0 Å². The summed E-state index contributed by atoms with van der Waals surface area (Å²) in [6.45, 7) is 1.75. The summed E-state index contributed by atoms with van der Waals surface area (Å²) in [5, 5.41) is 3.52. The molecule has 0 atom stereocenters. The monoisotopic (exact) mass is 337 g/mol. The van der Waals surface area contributed by atoms with Crippen LogP contribution in [0.1, 0.15) is 10.7 Å². The van der Waals surface area contributed by atoms with Gasteiger partial charge in [-0.05, 0) is 28.9 Å². The summed E-state index contributed by atoms with van der Waals surface area (Å²) in [5.74, 6) is 0.292. The Balaban J connectivity index is 2.17. The average Bonchev–Trinajstić information content (AvgIpc) is 2.85. The van der Waals surface area contributed by atoms with Gasteiger partial charge in [-0.15, -0.1) is 11.3 Å². The minimum atomic E-state index is -3.54. The van der Waals surface area contributed by atoms with Crippen LogP contribution >= 0.6 is 27.3 Å². The van der Waals surface area contributed by atoms with E-state index in [9.17, 15) is 8.42 Å². The van der Waals surface area contributed by atoms with E-state index in [1.54, 1.807) is 13.0 Å². The molecule has 0 aromatic carbocycles. The van der Waals surface area contributed by atoms with E-state index in [1.165, 1.54) is 11.3 Å². The van der Waals surface area contributed by atoms with Crippen molar-refractivity contribution >= 4 is 37.3 Å². The fourth-order valence-corrected chi connectivity index (χ4v) is 4.60. The molecule has 0 aliphatic heterocycles. The third-order valence-electron chi connectivity index (χ3n) is 1.96. The highest BCUT2D eigenvalue weighted by Gasteiger charge is 2.19. The molecule has 0 amide bonds. The normalized spacial score (nSPS) is 11.9. The number of aryl methyl sites for hydroxylation is 1. The first-order valence-electron chi connectivity index (χ1n) is 4.50. The Morgan fingerprint density at radius 2 is 2.35 bits per heavy atom. The lowest BCUT2D eigenvalue weighted by atomic mass is 10.5. The van der Waals surface area contributed by atoms with Gasteiger partial charge in [0.25, 0.3) is 0 Å². The molecular weight excluding hydrogens is 330 g/mol. The van der Waals surface area contributed by atoms with E-state index >= 15 is 0 Å². The molecule has 0 saturated carbocycles. The van der Waals surface area contributed by atoms with Crippen molar-refractivity contribution < 1.29 is 12.9 Å². The van der Waals surface area contributed by atoms with Crippen LogP contribution in [0, 0.1) is 6.92 Å². The number of hydrogen-bond acceptors (Lipinski definition) is 6. The summed E-state index contributed by atoms with van der Waals surface area (Å²) in [5.41, 5.74) is 0. The van der Waals surface area contributed by atoms with E-state index in [-0.39, 0.29) is 11.4 Å². The number of thiophene rings is 1. The molecule has 0 spiro atoms. The Bertz CT molecular complexity index is 606. The highest BCUT2D eigenvalue weighted by Crippen LogP contribution is 2.29. The van der Waals surface area contributed by atoms with Crippen molar-refractivity contribution in [1.82, 2.24) is 14.9 Å². The van der Waals surface area contributed by atoms with Crippen LogP contribution in [0.5, 0.6) is 0 Å². The molecule has 0 fully saturated rings. The lowest BCUT2D eigenvalue weighted by Crippen LogP contribution is -2.23. The summed E-state index contributed by atoms with van der Waals surface area (Å²) in [4.78, 5) is 4.71. The zero-order valence-corrected chi connectivity index (χ0v) is 11.9. The maximum Gasteiger partial charge on any atom is 0.242 e. The standard InChI is InChI=1S/C8H8BrN3O3S2/c1-5-6(2-7(9)16-5)17(13,14)11-3-8-10-4-15-12-8/h2,4,11H,3H2,1H3. The first kappa shape index (κ1) is 12.7. The van der Waals surface area contributed by atoms with Crippen molar-refractivity contribution in [1.29, 1.82) is 0 Å². The number of nitrogens with one attached hydrogen (secondary N) is 1. The van der Waals surface area contributed by atoms with Gasteiger partial charge < -0.3 is 4.52 Å². The van der Waals surface area contributed by atoms with E-state index in [0.29, 0.717) is 5.82 Å². The van der Waals surface area contributed by atoms with Gasteiger partial charge in [-0.3, -0.25) is 0 Å². The number of hydrogen-bond donors (Lipinski definition) is 1. The molecule has 0 unspecified atom stereocenters. The average molecular weight is 338 g/mol. The van der Waals surface area contributed by atoms with Crippen LogP contribution in [0.4, 0.5) is 0 Å². The van der Waals surface area contributed by atoms with Crippen LogP contribution in [-0.4, -0.2) is 18.6 Å². The number of halogens is 1. The van der Waals surface area contributed by atoms with Crippen LogP contribution in [0.3, 0.4) is 0 Å². The number of aromatic nitrogens is 2. The van der Waals surface area contributed by atoms with Crippen LogP contribution in [0.25, 0.3) is 0 Å². The van der Waals surface area contributed by atoms with Gasteiger partial charge in [-0.2, -0.15) is 4.98 Å². The molecule has 0 aliphatic rings. The predicted molar refractivity (Wildman–Crippen MR) is 65.1 cm³/mol. The van der Waals surface area contributed by atoms with Crippen molar-refractivity contribution in [2.45, 2.75) is 18.4 Å². The van der Waals surface area contributed by atoms with Crippen LogP contribution in [-0.2, 0) is 16.6 Å². The van der Waals surface area contributed by atoms with Crippen LogP contribution < -0.4 is 4.72 Å². The Morgan fingerprint density at radius 1 is 1.59 bits per heavy atom. The van der Waals surface area contributed by atoms with Crippen molar-refractivity contribution in [2.75, 3.05) is 0 Å². The second-order valence-corrected chi connectivity index (χ2v) is 7.51. The summed E-state index contributed by atoms with van der Waals surface area (Å²) < 4.78 is 31.6. The number of sulfonamides is 1. The van der Waals surface area contributed by atoms with Crippen LogP contribution in [0.15, 0.2) is 25.7 Å². The maximum absolute atomic E-state index is 12.0. The second kappa shape index (κ2) is 4.84. The first-order chi connectivity index (χ1) is 7.99. The van der Waals surface area contributed by atoms with Gasteiger partial charge in [0.15, 0.2) is 5.82 Å². The Morgan fingerprint density at radius 3 is 2.88 bits per heavy atom. The molecule has 0 saturated heterocycles. The fraction of sp³-hybridized carbons (Fsp3) is 0.250. The first-order valence-corrected chi connectivity index (χ1v) is 7.59. The number of nitrogens with zero attached hydrogens (tertiary/aromatic N) is 2. The molecule has 0 radical (unpaired) electrons.